The van der Waals surface area contributed by atoms with Crippen LogP contribution < -0.4 is 5.32 Å². The predicted molar refractivity (Wildman–Crippen MR) is 157 cm³/mol. The standard InChI is InChI=1S/C31H36F2N3O.CH3F.2H2/c1-7-12-17-30(10-4,16-8-2)26-20-23(31(32,33)11-5)19-25(35-26)24-15-18-34-28(27(24)21(6)9-3)36-29(37)22-13-14-22;1-2;;/h1,9,13-15,18-21H,3,8,10-12,16-17H2,2,4-6H3,(H,34,36,37);1H3;2*1H/t21-,30?;;;/m0.../s1. The number of allylic oxidation sites excluding steroid dienone is 2. The smallest absolute Gasteiger partial charge is 0.273 e. The number of carbonyl (C=O) groups excluding carboxylic acids is 1. The fraction of sp³-hybridized carbons (Fsp3) is 0.438. The lowest BCUT2D eigenvalue weighted by atomic mass is 9.73. The minimum Gasteiger partial charge on any atom is -0.307 e. The number of nitrogens with zero attached hydrogens (tertiary/aromatic N) is 2. The Morgan fingerprint density at radius 2 is 1.92 bits per heavy atom. The average Bonchev–Trinajstić information content (AvgIpc) is 3.81. The quantitative estimate of drug-likeness (QED) is 0.203. The van der Waals surface area contributed by atoms with Crippen LogP contribution in [-0.2, 0) is 16.1 Å². The van der Waals surface area contributed by atoms with Gasteiger partial charge in [-0.25, -0.2) is 13.8 Å². The first-order valence-corrected chi connectivity index (χ1v) is 13.4. The summed E-state index contributed by atoms with van der Waals surface area (Å²) < 4.78 is 39.9. The Balaban J connectivity index is 0.00000391. The van der Waals surface area contributed by atoms with E-state index in [9.17, 15) is 9.18 Å². The van der Waals surface area contributed by atoms with Crippen LogP contribution in [0, 0.1) is 18.8 Å². The van der Waals surface area contributed by atoms with Crippen LogP contribution in [0.25, 0.3) is 11.3 Å². The molecule has 1 aliphatic rings. The number of terminal acetylenes is 1. The molecule has 2 aromatic rings. The zero-order valence-corrected chi connectivity index (χ0v) is 23.6. The zero-order valence-electron chi connectivity index (χ0n) is 23.6. The van der Waals surface area contributed by atoms with Gasteiger partial charge in [0.2, 0.25) is 0 Å². The molecule has 0 saturated carbocycles. The molecule has 4 nitrogen and oxygen atoms in total. The van der Waals surface area contributed by atoms with E-state index in [-0.39, 0.29) is 26.7 Å². The molecule has 1 amide bonds. The van der Waals surface area contributed by atoms with Gasteiger partial charge in [-0.3, -0.25) is 14.2 Å². The van der Waals surface area contributed by atoms with Crippen molar-refractivity contribution in [2.24, 2.45) is 0 Å². The van der Waals surface area contributed by atoms with Crippen molar-refractivity contribution in [2.75, 3.05) is 12.5 Å². The van der Waals surface area contributed by atoms with Gasteiger partial charge in [0, 0.05) is 67.6 Å². The van der Waals surface area contributed by atoms with Crippen molar-refractivity contribution < 1.29 is 20.8 Å². The number of hydrogen-bond acceptors (Lipinski definition) is 3. The topological polar surface area (TPSA) is 54.9 Å². The number of hydrogen-bond donors (Lipinski definition) is 1. The molecule has 0 aromatic carbocycles. The Hall–Kier alpha value is -3.40. The summed E-state index contributed by atoms with van der Waals surface area (Å²) in [6.45, 7) is 11.5. The lowest BCUT2D eigenvalue weighted by Gasteiger charge is -2.33. The van der Waals surface area contributed by atoms with Gasteiger partial charge in [-0.15, -0.1) is 18.9 Å². The highest BCUT2D eigenvalue weighted by atomic mass is 19.3. The first-order chi connectivity index (χ1) is 18.7. The van der Waals surface area contributed by atoms with E-state index in [4.69, 9.17) is 11.4 Å². The summed E-state index contributed by atoms with van der Waals surface area (Å²) in [6, 6.07) is 4.80. The molecule has 0 saturated heterocycles. The number of aromatic nitrogens is 2. The second-order valence-corrected chi connectivity index (χ2v) is 9.66. The molecule has 0 aliphatic heterocycles. The zero-order chi connectivity index (χ0) is 29.2. The van der Waals surface area contributed by atoms with Gasteiger partial charge in [-0.05, 0) is 37.5 Å². The molecule has 1 unspecified atom stereocenters. The monoisotopic (exact) mass is 542 g/mol. The van der Waals surface area contributed by atoms with E-state index < -0.39 is 11.3 Å². The highest BCUT2D eigenvalue weighted by Gasteiger charge is 2.36. The number of alkyl halides is 3. The third-order valence-corrected chi connectivity index (χ3v) is 7.29. The number of carbonyl (C=O) groups is 1. The lowest BCUT2D eigenvalue weighted by Crippen LogP contribution is -2.28. The molecular formula is C32H43F3N3O. The van der Waals surface area contributed by atoms with E-state index in [1.54, 1.807) is 36.9 Å². The summed E-state index contributed by atoms with van der Waals surface area (Å²) in [5.74, 6) is -0.412. The molecule has 2 atom stereocenters. The summed E-state index contributed by atoms with van der Waals surface area (Å²) >= 11 is 0. The van der Waals surface area contributed by atoms with Crippen molar-refractivity contribution in [2.45, 2.75) is 83.5 Å². The molecule has 213 valence electrons. The van der Waals surface area contributed by atoms with Gasteiger partial charge >= 0.3 is 0 Å². The first kappa shape index (κ1) is 31.8. The summed E-state index contributed by atoms with van der Waals surface area (Å²) in [5.41, 5.74) is 2.47. The van der Waals surface area contributed by atoms with Crippen molar-refractivity contribution >= 4 is 11.7 Å². The Labute approximate surface area is 234 Å². The highest BCUT2D eigenvalue weighted by Crippen LogP contribution is 2.43. The van der Waals surface area contributed by atoms with Gasteiger partial charge in [-0.1, -0.05) is 46.3 Å². The summed E-state index contributed by atoms with van der Waals surface area (Å²) in [4.78, 5) is 21.9. The van der Waals surface area contributed by atoms with Crippen molar-refractivity contribution in [1.29, 1.82) is 0 Å². The minimum atomic E-state index is -3.02. The highest BCUT2D eigenvalue weighted by molar-refractivity contribution is 6.09. The van der Waals surface area contributed by atoms with Crippen LogP contribution in [0.1, 0.15) is 91.8 Å². The predicted octanol–water partition coefficient (Wildman–Crippen LogP) is 8.96. The molecule has 2 aromatic heterocycles. The summed E-state index contributed by atoms with van der Waals surface area (Å²) in [6.07, 6.45) is 15.6. The fourth-order valence-corrected chi connectivity index (χ4v) is 4.81. The van der Waals surface area contributed by atoms with Crippen LogP contribution in [0.2, 0.25) is 0 Å². The Morgan fingerprint density at radius 3 is 2.46 bits per heavy atom. The van der Waals surface area contributed by atoms with Gasteiger partial charge < -0.3 is 5.32 Å². The van der Waals surface area contributed by atoms with Gasteiger partial charge in [0.1, 0.15) is 5.82 Å². The average molecular weight is 543 g/mol. The van der Waals surface area contributed by atoms with Crippen LogP contribution in [0.3, 0.4) is 0 Å². The number of halogens is 3. The molecule has 1 N–H and O–H groups in total. The van der Waals surface area contributed by atoms with E-state index in [0.29, 0.717) is 53.9 Å². The SMILES string of the molecule is C#CCCC(CC)(CCC)c1cc(C(F)(F)CC)cc(-c2ccnc(NC(=O)C3=C[CH]3)c2[C@@H](C)C=C)n1.CF.[HH].[HH]. The maximum absolute atomic E-state index is 15.2. The van der Waals surface area contributed by atoms with Gasteiger partial charge in [-0.2, -0.15) is 0 Å². The van der Waals surface area contributed by atoms with Crippen LogP contribution in [0.4, 0.5) is 19.0 Å². The van der Waals surface area contributed by atoms with Gasteiger partial charge in [0.15, 0.2) is 0 Å². The molecule has 3 rings (SSSR count). The van der Waals surface area contributed by atoms with Crippen molar-refractivity contribution in [3.63, 3.8) is 0 Å². The third-order valence-electron chi connectivity index (χ3n) is 7.29. The molecular weight excluding hydrogens is 499 g/mol. The molecule has 1 radical (unpaired) electrons. The number of pyridine rings is 2. The largest absolute Gasteiger partial charge is 0.307 e. The second-order valence-electron chi connectivity index (χ2n) is 9.66. The number of rotatable bonds is 13. The van der Waals surface area contributed by atoms with Crippen molar-refractivity contribution in [3.05, 3.63) is 71.9 Å². The van der Waals surface area contributed by atoms with Crippen molar-refractivity contribution in [3.8, 4) is 23.6 Å². The molecule has 39 heavy (non-hydrogen) atoms. The summed E-state index contributed by atoms with van der Waals surface area (Å²) in [7, 11) is 0.500. The Bertz CT molecular complexity index is 1240. The van der Waals surface area contributed by atoms with E-state index in [0.717, 1.165) is 19.3 Å². The number of amides is 1. The maximum atomic E-state index is 15.2. The Kier molecular flexibility index (Phi) is 11.5. The summed E-state index contributed by atoms with van der Waals surface area (Å²) in [5, 5.41) is 2.86. The molecule has 0 fully saturated rings. The number of anilines is 1. The molecule has 2 heterocycles. The van der Waals surface area contributed by atoms with E-state index in [2.05, 4.69) is 36.6 Å². The van der Waals surface area contributed by atoms with Crippen molar-refractivity contribution in [1.82, 2.24) is 9.97 Å². The molecule has 0 bridgehead atoms. The van der Waals surface area contributed by atoms with Crippen LogP contribution in [-0.4, -0.2) is 23.1 Å². The van der Waals surface area contributed by atoms with Crippen LogP contribution >= 0.6 is 0 Å². The second kappa shape index (κ2) is 14.1. The first-order valence-electron chi connectivity index (χ1n) is 13.4. The van der Waals surface area contributed by atoms with E-state index >= 15 is 8.78 Å². The lowest BCUT2D eigenvalue weighted by molar-refractivity contribution is -0.112. The van der Waals surface area contributed by atoms with E-state index in [1.165, 1.54) is 13.0 Å². The molecule has 1 aliphatic carbocycles. The molecule has 7 heteroatoms. The third kappa shape index (κ3) is 7.38. The van der Waals surface area contributed by atoms with Gasteiger partial charge in [0.25, 0.3) is 11.8 Å². The maximum Gasteiger partial charge on any atom is 0.273 e. The van der Waals surface area contributed by atoms with Crippen LogP contribution in [0.5, 0.6) is 0 Å². The molecule has 0 spiro atoms. The Morgan fingerprint density at radius 1 is 1.23 bits per heavy atom. The normalized spacial score (nSPS) is 14.6. The fourth-order valence-electron chi connectivity index (χ4n) is 4.81. The number of nitrogens with one attached hydrogen (secondary N) is 1. The van der Waals surface area contributed by atoms with Crippen LogP contribution in [0.15, 0.2) is 48.7 Å². The van der Waals surface area contributed by atoms with E-state index in [1.807, 2.05) is 6.92 Å². The van der Waals surface area contributed by atoms with Gasteiger partial charge in [0.05, 0.1) is 12.9 Å². The minimum absolute atomic E-state index is 0.